The van der Waals surface area contributed by atoms with E-state index in [-0.39, 0.29) is 11.5 Å². The van der Waals surface area contributed by atoms with Crippen LogP contribution in [0.4, 0.5) is 0 Å². The van der Waals surface area contributed by atoms with Gasteiger partial charge in [-0.15, -0.1) is 0 Å². The molecular formula is C24H30N2O3. The summed E-state index contributed by atoms with van der Waals surface area (Å²) in [7, 11) is 0. The lowest BCUT2D eigenvalue weighted by Gasteiger charge is -2.46. The van der Waals surface area contributed by atoms with Gasteiger partial charge < -0.3 is 14.4 Å². The van der Waals surface area contributed by atoms with E-state index in [0.29, 0.717) is 12.3 Å². The molecule has 5 heteroatoms. The van der Waals surface area contributed by atoms with Crippen molar-refractivity contribution in [3.05, 3.63) is 60.4 Å². The van der Waals surface area contributed by atoms with Gasteiger partial charge in [0.2, 0.25) is 5.91 Å². The first-order valence-corrected chi connectivity index (χ1v) is 10.7. The Morgan fingerprint density at radius 1 is 1.14 bits per heavy atom. The summed E-state index contributed by atoms with van der Waals surface area (Å²) >= 11 is 0. The minimum Gasteiger partial charge on any atom is -0.493 e. The van der Waals surface area contributed by atoms with Gasteiger partial charge in [0.15, 0.2) is 0 Å². The van der Waals surface area contributed by atoms with Crippen molar-refractivity contribution >= 4 is 5.91 Å². The topological polar surface area (TPSA) is 51.7 Å². The molecule has 2 aliphatic heterocycles. The van der Waals surface area contributed by atoms with E-state index in [1.165, 1.54) is 0 Å². The highest BCUT2D eigenvalue weighted by Crippen LogP contribution is 2.38. The zero-order valence-electron chi connectivity index (χ0n) is 17.0. The molecule has 2 aliphatic rings. The molecule has 1 unspecified atom stereocenters. The van der Waals surface area contributed by atoms with Crippen LogP contribution in [0.2, 0.25) is 0 Å². The van der Waals surface area contributed by atoms with Crippen molar-refractivity contribution < 1.29 is 14.3 Å². The van der Waals surface area contributed by atoms with E-state index in [9.17, 15) is 4.79 Å². The summed E-state index contributed by atoms with van der Waals surface area (Å²) in [5, 5.41) is 0. The third-order valence-corrected chi connectivity index (χ3v) is 6.27. The van der Waals surface area contributed by atoms with Gasteiger partial charge in [0, 0.05) is 32.1 Å². The number of piperidine rings is 1. The predicted octanol–water partition coefficient (Wildman–Crippen LogP) is 3.88. The standard InChI is InChI=1S/C24H30N2O3/c27-23(18-20-4-2-1-3-5-20)26-14-10-24(11-15-26)19-21(9-17-29-24)8-16-28-22-6-12-25-13-7-22/h1-7,12-13,21H,8-11,14-19H2. The molecule has 0 aliphatic carbocycles. The molecular weight excluding hydrogens is 364 g/mol. The second-order valence-corrected chi connectivity index (χ2v) is 8.25. The Morgan fingerprint density at radius 3 is 2.66 bits per heavy atom. The Balaban J connectivity index is 1.23. The molecule has 1 aromatic carbocycles. The van der Waals surface area contributed by atoms with Crippen molar-refractivity contribution in [1.82, 2.24) is 9.88 Å². The fourth-order valence-electron chi connectivity index (χ4n) is 4.55. The highest BCUT2D eigenvalue weighted by molar-refractivity contribution is 5.78. The summed E-state index contributed by atoms with van der Waals surface area (Å²) in [5.41, 5.74) is 1.03. The highest BCUT2D eigenvalue weighted by atomic mass is 16.5. The molecule has 0 bridgehead atoms. The van der Waals surface area contributed by atoms with Crippen molar-refractivity contribution in [2.75, 3.05) is 26.3 Å². The molecule has 3 heterocycles. The molecule has 0 radical (unpaired) electrons. The Morgan fingerprint density at radius 2 is 1.90 bits per heavy atom. The first-order chi connectivity index (χ1) is 14.2. The molecule has 154 valence electrons. The van der Waals surface area contributed by atoms with Crippen molar-refractivity contribution in [3.63, 3.8) is 0 Å². The molecule has 29 heavy (non-hydrogen) atoms. The van der Waals surface area contributed by atoms with Gasteiger partial charge in [-0.25, -0.2) is 0 Å². The molecule has 0 N–H and O–H groups in total. The number of hydrogen-bond donors (Lipinski definition) is 0. The van der Waals surface area contributed by atoms with Gasteiger partial charge in [-0.2, -0.15) is 0 Å². The first-order valence-electron chi connectivity index (χ1n) is 10.7. The number of likely N-dealkylation sites (tertiary alicyclic amines) is 1. The molecule has 5 nitrogen and oxygen atoms in total. The van der Waals surface area contributed by atoms with Crippen LogP contribution in [0.15, 0.2) is 54.9 Å². The second-order valence-electron chi connectivity index (χ2n) is 8.25. The molecule has 1 atom stereocenters. The number of aromatic nitrogens is 1. The van der Waals surface area contributed by atoms with E-state index in [4.69, 9.17) is 9.47 Å². The number of rotatable bonds is 6. The van der Waals surface area contributed by atoms with Crippen LogP contribution >= 0.6 is 0 Å². The fourth-order valence-corrected chi connectivity index (χ4v) is 4.55. The van der Waals surface area contributed by atoms with Gasteiger partial charge in [0.25, 0.3) is 0 Å². The van der Waals surface area contributed by atoms with Gasteiger partial charge in [-0.3, -0.25) is 9.78 Å². The summed E-state index contributed by atoms with van der Waals surface area (Å²) in [6, 6.07) is 13.8. The normalized spacial score (nSPS) is 21.1. The van der Waals surface area contributed by atoms with Crippen molar-refractivity contribution in [2.45, 2.75) is 44.1 Å². The largest absolute Gasteiger partial charge is 0.493 e. The molecule has 1 spiro atoms. The van der Waals surface area contributed by atoms with E-state index in [1.807, 2.05) is 47.4 Å². The maximum Gasteiger partial charge on any atom is 0.226 e. The minimum atomic E-state index is -0.0525. The van der Waals surface area contributed by atoms with Crippen LogP contribution in [0, 0.1) is 5.92 Å². The van der Waals surface area contributed by atoms with Crippen LogP contribution in [-0.2, 0) is 16.0 Å². The summed E-state index contributed by atoms with van der Waals surface area (Å²) in [4.78, 5) is 18.7. The van der Waals surface area contributed by atoms with Gasteiger partial charge in [-0.05, 0) is 55.7 Å². The predicted molar refractivity (Wildman–Crippen MR) is 112 cm³/mol. The molecule has 0 saturated carbocycles. The van der Waals surface area contributed by atoms with Crippen molar-refractivity contribution in [1.29, 1.82) is 0 Å². The van der Waals surface area contributed by atoms with E-state index in [1.54, 1.807) is 12.4 Å². The maximum atomic E-state index is 12.6. The molecule has 2 aromatic rings. The van der Waals surface area contributed by atoms with E-state index in [2.05, 4.69) is 4.98 Å². The number of carbonyl (C=O) groups excluding carboxylic acids is 1. The van der Waals surface area contributed by atoms with Gasteiger partial charge >= 0.3 is 0 Å². The minimum absolute atomic E-state index is 0.0525. The monoisotopic (exact) mass is 394 g/mol. The molecule has 2 fully saturated rings. The Labute approximate surface area is 173 Å². The van der Waals surface area contributed by atoms with E-state index < -0.39 is 0 Å². The number of hydrogen-bond acceptors (Lipinski definition) is 4. The summed E-state index contributed by atoms with van der Waals surface area (Å²) < 4.78 is 12.1. The van der Waals surface area contributed by atoms with Crippen LogP contribution in [0.25, 0.3) is 0 Å². The number of pyridine rings is 1. The van der Waals surface area contributed by atoms with E-state index in [0.717, 1.165) is 69.7 Å². The van der Waals surface area contributed by atoms with Crippen molar-refractivity contribution in [2.24, 2.45) is 5.92 Å². The Bertz CT molecular complexity index is 773. The van der Waals surface area contributed by atoms with Crippen LogP contribution in [0.5, 0.6) is 5.75 Å². The van der Waals surface area contributed by atoms with E-state index >= 15 is 0 Å². The second kappa shape index (κ2) is 9.40. The smallest absolute Gasteiger partial charge is 0.226 e. The third kappa shape index (κ3) is 5.36. The number of benzene rings is 1. The summed E-state index contributed by atoms with van der Waals surface area (Å²) in [6.45, 7) is 3.14. The van der Waals surface area contributed by atoms with Gasteiger partial charge in [0.05, 0.1) is 18.6 Å². The van der Waals surface area contributed by atoms with Gasteiger partial charge in [0.1, 0.15) is 5.75 Å². The number of ether oxygens (including phenoxy) is 2. The molecule has 1 amide bonds. The quantitative estimate of drug-likeness (QED) is 0.746. The van der Waals surface area contributed by atoms with Crippen LogP contribution in [0.1, 0.15) is 37.7 Å². The number of carbonyl (C=O) groups is 1. The molecule has 4 rings (SSSR count). The number of nitrogens with zero attached hydrogens (tertiary/aromatic N) is 2. The summed E-state index contributed by atoms with van der Waals surface area (Å²) in [5.74, 6) is 1.73. The lowest BCUT2D eigenvalue weighted by molar-refractivity contribution is -0.147. The zero-order valence-corrected chi connectivity index (χ0v) is 17.0. The zero-order chi connectivity index (χ0) is 19.9. The number of amides is 1. The lowest BCUT2D eigenvalue weighted by atomic mass is 9.78. The molecule has 2 saturated heterocycles. The average molecular weight is 395 g/mol. The average Bonchev–Trinajstić information content (AvgIpc) is 2.76. The van der Waals surface area contributed by atoms with Crippen LogP contribution in [0.3, 0.4) is 0 Å². The Kier molecular flexibility index (Phi) is 6.45. The highest BCUT2D eigenvalue weighted by Gasteiger charge is 2.40. The van der Waals surface area contributed by atoms with Crippen molar-refractivity contribution in [3.8, 4) is 5.75 Å². The maximum absolute atomic E-state index is 12.6. The summed E-state index contributed by atoms with van der Waals surface area (Å²) in [6.07, 6.45) is 9.10. The molecule has 1 aromatic heterocycles. The van der Waals surface area contributed by atoms with Gasteiger partial charge in [-0.1, -0.05) is 30.3 Å². The third-order valence-electron chi connectivity index (χ3n) is 6.27. The SMILES string of the molecule is O=C(Cc1ccccc1)N1CCC2(CC1)CC(CCOc1ccncc1)CCO2. The fraction of sp³-hybridized carbons (Fsp3) is 0.500. The van der Waals surface area contributed by atoms with Crippen LogP contribution < -0.4 is 4.74 Å². The first kappa shape index (κ1) is 19.9. The Hall–Kier alpha value is -2.40. The van der Waals surface area contributed by atoms with Crippen LogP contribution in [-0.4, -0.2) is 47.7 Å². The lowest BCUT2D eigenvalue weighted by Crippen LogP contribution is -2.51.